The molecular formula is C22H26N8O2. The fourth-order valence-electron chi connectivity index (χ4n) is 4.67. The molecule has 0 atom stereocenters. The number of carbonyl (C=O) groups excluding carboxylic acids is 1. The Labute approximate surface area is 185 Å². The molecule has 4 aromatic rings. The summed E-state index contributed by atoms with van der Waals surface area (Å²) in [7, 11) is 7.06. The van der Waals surface area contributed by atoms with Crippen LogP contribution in [0.5, 0.6) is 5.88 Å². The molecule has 1 amide bonds. The number of methoxy groups -OCH3 is 1. The molecule has 0 radical (unpaired) electrons. The average Bonchev–Trinajstić information content (AvgIpc) is 3.34. The minimum absolute atomic E-state index is 0.139. The van der Waals surface area contributed by atoms with E-state index in [1.807, 2.05) is 38.4 Å². The molecule has 0 bridgehead atoms. The van der Waals surface area contributed by atoms with Gasteiger partial charge in [0.05, 0.1) is 23.4 Å². The Morgan fingerprint density at radius 1 is 1.31 bits per heavy atom. The van der Waals surface area contributed by atoms with Crippen molar-refractivity contribution in [2.75, 3.05) is 26.5 Å². The lowest BCUT2D eigenvalue weighted by Gasteiger charge is -2.45. The largest absolute Gasteiger partial charge is 0.480 e. The molecule has 1 fully saturated rings. The zero-order valence-corrected chi connectivity index (χ0v) is 18.8. The van der Waals surface area contributed by atoms with Crippen molar-refractivity contribution in [3.05, 3.63) is 24.4 Å². The van der Waals surface area contributed by atoms with Gasteiger partial charge in [-0.25, -0.2) is 4.68 Å². The molecule has 10 heteroatoms. The number of aryl methyl sites for hydroxylation is 1. The SMILES string of the molecule is COc1nc(NC2CC(C)(C(=O)N(C)C)C2)nc2[nH]cc(-c3ccc4nnn(C)c4c3)c12. The molecule has 1 aliphatic carbocycles. The summed E-state index contributed by atoms with van der Waals surface area (Å²) >= 11 is 0. The molecule has 1 saturated carbocycles. The summed E-state index contributed by atoms with van der Waals surface area (Å²) in [5.74, 6) is 1.13. The second-order valence-electron chi connectivity index (χ2n) is 8.91. The Kier molecular flexibility index (Phi) is 4.54. The van der Waals surface area contributed by atoms with Crippen LogP contribution < -0.4 is 10.1 Å². The number of ether oxygens (including phenoxy) is 1. The van der Waals surface area contributed by atoms with Crippen LogP contribution >= 0.6 is 0 Å². The van der Waals surface area contributed by atoms with Gasteiger partial charge in [-0.1, -0.05) is 18.2 Å². The zero-order valence-electron chi connectivity index (χ0n) is 18.8. The van der Waals surface area contributed by atoms with Gasteiger partial charge in [-0.15, -0.1) is 5.10 Å². The lowest BCUT2D eigenvalue weighted by Crippen LogP contribution is -2.52. The summed E-state index contributed by atoms with van der Waals surface area (Å²) in [4.78, 5) is 26.6. The van der Waals surface area contributed by atoms with Crippen molar-refractivity contribution in [1.82, 2.24) is 34.8 Å². The van der Waals surface area contributed by atoms with Gasteiger partial charge in [0, 0.05) is 38.9 Å². The molecule has 1 aromatic carbocycles. The standard InChI is InChI=1S/C22H26N8O2/c1-22(20(31)29(2)3)9-13(10-22)24-21-25-18-17(19(26-21)32-5)14(11-23-18)12-6-7-15-16(8-12)30(4)28-27-15/h6-8,11,13H,9-10H2,1-5H3,(H2,23,24,25,26). The molecule has 10 nitrogen and oxygen atoms in total. The maximum absolute atomic E-state index is 12.4. The van der Waals surface area contributed by atoms with E-state index in [0.717, 1.165) is 40.4 Å². The van der Waals surface area contributed by atoms with Crippen LogP contribution in [0.25, 0.3) is 33.2 Å². The molecular weight excluding hydrogens is 408 g/mol. The van der Waals surface area contributed by atoms with Crippen LogP contribution in [-0.4, -0.2) is 68.0 Å². The van der Waals surface area contributed by atoms with Crippen molar-refractivity contribution in [3.8, 4) is 17.0 Å². The highest BCUT2D eigenvalue weighted by Crippen LogP contribution is 2.43. The van der Waals surface area contributed by atoms with E-state index in [2.05, 4.69) is 30.6 Å². The number of nitrogens with one attached hydrogen (secondary N) is 2. The topological polar surface area (TPSA) is 114 Å². The van der Waals surface area contributed by atoms with E-state index in [1.165, 1.54) is 0 Å². The van der Waals surface area contributed by atoms with Gasteiger partial charge in [-0.3, -0.25) is 4.79 Å². The van der Waals surface area contributed by atoms with Crippen LogP contribution in [0, 0.1) is 5.41 Å². The Morgan fingerprint density at radius 3 is 2.81 bits per heavy atom. The third-order valence-electron chi connectivity index (χ3n) is 6.26. The minimum Gasteiger partial charge on any atom is -0.480 e. The lowest BCUT2D eigenvalue weighted by atomic mass is 9.66. The summed E-state index contributed by atoms with van der Waals surface area (Å²) in [6.07, 6.45) is 3.39. The Morgan fingerprint density at radius 2 is 2.09 bits per heavy atom. The van der Waals surface area contributed by atoms with Gasteiger partial charge < -0.3 is 19.9 Å². The zero-order chi connectivity index (χ0) is 22.6. The number of benzene rings is 1. The van der Waals surface area contributed by atoms with E-state index in [9.17, 15) is 4.79 Å². The van der Waals surface area contributed by atoms with Crippen molar-refractivity contribution in [1.29, 1.82) is 0 Å². The molecule has 0 aliphatic heterocycles. The fourth-order valence-corrected chi connectivity index (χ4v) is 4.67. The lowest BCUT2D eigenvalue weighted by molar-refractivity contribution is -0.143. The predicted octanol–water partition coefficient (Wildman–Crippen LogP) is 2.58. The first-order valence-corrected chi connectivity index (χ1v) is 10.5. The van der Waals surface area contributed by atoms with Gasteiger partial charge in [0.2, 0.25) is 17.7 Å². The van der Waals surface area contributed by atoms with Crippen LogP contribution in [0.4, 0.5) is 5.95 Å². The van der Waals surface area contributed by atoms with Gasteiger partial charge in [0.15, 0.2) is 0 Å². The number of hydrogen-bond acceptors (Lipinski definition) is 7. The predicted molar refractivity (Wildman–Crippen MR) is 121 cm³/mol. The van der Waals surface area contributed by atoms with Crippen LogP contribution in [0.1, 0.15) is 19.8 Å². The number of carbonyl (C=O) groups is 1. The van der Waals surface area contributed by atoms with Crippen molar-refractivity contribution in [2.24, 2.45) is 12.5 Å². The van der Waals surface area contributed by atoms with Crippen LogP contribution in [0.3, 0.4) is 0 Å². The molecule has 0 saturated heterocycles. The molecule has 2 N–H and O–H groups in total. The van der Waals surface area contributed by atoms with Crippen LogP contribution in [-0.2, 0) is 11.8 Å². The van der Waals surface area contributed by atoms with E-state index < -0.39 is 0 Å². The summed E-state index contributed by atoms with van der Waals surface area (Å²) in [5, 5.41) is 12.4. The third kappa shape index (κ3) is 3.14. The van der Waals surface area contributed by atoms with Crippen LogP contribution in [0.15, 0.2) is 24.4 Å². The molecule has 32 heavy (non-hydrogen) atoms. The first-order chi connectivity index (χ1) is 15.3. The summed E-state index contributed by atoms with van der Waals surface area (Å²) in [6, 6.07) is 6.13. The van der Waals surface area contributed by atoms with Gasteiger partial charge in [0.25, 0.3) is 0 Å². The highest BCUT2D eigenvalue weighted by atomic mass is 16.5. The molecule has 3 aromatic heterocycles. The maximum Gasteiger partial charge on any atom is 0.228 e. The second kappa shape index (κ2) is 7.18. The van der Waals surface area contributed by atoms with E-state index >= 15 is 0 Å². The molecule has 0 spiro atoms. The summed E-state index contributed by atoms with van der Waals surface area (Å²) in [6.45, 7) is 2.00. The van der Waals surface area contributed by atoms with E-state index in [0.29, 0.717) is 17.5 Å². The third-order valence-corrected chi connectivity index (χ3v) is 6.26. The molecule has 1 aliphatic rings. The maximum atomic E-state index is 12.4. The van der Waals surface area contributed by atoms with Crippen molar-refractivity contribution >= 4 is 33.9 Å². The number of aromatic amines is 1. The number of nitrogens with zero attached hydrogens (tertiary/aromatic N) is 6. The average molecular weight is 435 g/mol. The number of rotatable bonds is 5. The molecule has 5 rings (SSSR count). The van der Waals surface area contributed by atoms with Gasteiger partial charge in [0.1, 0.15) is 11.2 Å². The van der Waals surface area contributed by atoms with E-state index in [4.69, 9.17) is 4.74 Å². The number of H-pyrrole nitrogens is 1. The fraction of sp³-hybridized carbons (Fsp3) is 0.409. The highest BCUT2D eigenvalue weighted by molar-refractivity contribution is 5.99. The van der Waals surface area contributed by atoms with Crippen LogP contribution in [0.2, 0.25) is 0 Å². The van der Waals surface area contributed by atoms with Crippen molar-refractivity contribution in [3.63, 3.8) is 0 Å². The van der Waals surface area contributed by atoms with E-state index in [1.54, 1.807) is 30.8 Å². The number of amides is 1. The van der Waals surface area contributed by atoms with Gasteiger partial charge in [-0.2, -0.15) is 9.97 Å². The molecule has 3 heterocycles. The quantitative estimate of drug-likeness (QED) is 0.496. The molecule has 166 valence electrons. The van der Waals surface area contributed by atoms with Gasteiger partial charge >= 0.3 is 0 Å². The van der Waals surface area contributed by atoms with Gasteiger partial charge in [-0.05, 0) is 30.5 Å². The summed E-state index contributed by atoms with van der Waals surface area (Å²) in [5.41, 5.74) is 4.06. The smallest absolute Gasteiger partial charge is 0.228 e. The minimum atomic E-state index is -0.339. The second-order valence-corrected chi connectivity index (χ2v) is 8.91. The number of aromatic nitrogens is 6. The van der Waals surface area contributed by atoms with E-state index in [-0.39, 0.29) is 17.4 Å². The monoisotopic (exact) mass is 434 g/mol. The highest BCUT2D eigenvalue weighted by Gasteiger charge is 2.47. The summed E-state index contributed by atoms with van der Waals surface area (Å²) < 4.78 is 7.37. The first-order valence-electron chi connectivity index (χ1n) is 10.5. The number of fused-ring (bicyclic) bond motifs is 2. The Bertz CT molecular complexity index is 1330. The number of anilines is 1. The van der Waals surface area contributed by atoms with Crippen molar-refractivity contribution < 1.29 is 9.53 Å². The Balaban J connectivity index is 1.44. The molecule has 0 unspecified atom stereocenters. The Hall–Kier alpha value is -3.69. The number of hydrogen-bond donors (Lipinski definition) is 2. The van der Waals surface area contributed by atoms with Crippen molar-refractivity contribution in [2.45, 2.75) is 25.8 Å². The normalized spacial score (nSPS) is 20.3. The first kappa shape index (κ1) is 20.2.